The molecule has 1 saturated heterocycles. The van der Waals surface area contributed by atoms with Gasteiger partial charge in [0, 0.05) is 30.7 Å². The molecule has 2 aliphatic rings. The molecular weight excluding hydrogens is 174 g/mol. The van der Waals surface area contributed by atoms with E-state index in [2.05, 4.69) is 37.7 Å². The van der Waals surface area contributed by atoms with E-state index in [0.29, 0.717) is 24.2 Å². The van der Waals surface area contributed by atoms with Crippen molar-refractivity contribution in [2.45, 2.75) is 44.4 Å². The van der Waals surface area contributed by atoms with Crippen LogP contribution in [0.5, 0.6) is 0 Å². The maximum atomic E-state index is 6.27. The molecule has 2 bridgehead atoms. The van der Waals surface area contributed by atoms with Crippen LogP contribution in [0.25, 0.3) is 0 Å². The fourth-order valence-corrected chi connectivity index (χ4v) is 3.24. The van der Waals surface area contributed by atoms with E-state index in [1.165, 1.54) is 13.0 Å². The lowest BCUT2D eigenvalue weighted by Gasteiger charge is -2.39. The van der Waals surface area contributed by atoms with Crippen molar-refractivity contribution in [1.82, 2.24) is 9.80 Å². The highest BCUT2D eigenvalue weighted by molar-refractivity contribution is 5.10. The summed E-state index contributed by atoms with van der Waals surface area (Å²) in [5.41, 5.74) is 6.27. The SMILES string of the molecule is CC(C)N1C[C@H]2C[C@H](N(C)C)[C@@H]1[C@@H]2N. The van der Waals surface area contributed by atoms with Crippen LogP contribution in [-0.4, -0.2) is 54.6 Å². The molecule has 1 heterocycles. The van der Waals surface area contributed by atoms with Gasteiger partial charge in [-0.1, -0.05) is 0 Å². The smallest absolute Gasteiger partial charge is 0.0408 e. The summed E-state index contributed by atoms with van der Waals surface area (Å²) in [6.45, 7) is 5.77. The van der Waals surface area contributed by atoms with Gasteiger partial charge in [-0.05, 0) is 40.3 Å². The standard InChI is InChI=1S/C11H23N3/c1-7(2)14-6-8-5-9(13(3)4)11(14)10(8)12/h7-11H,5-6,12H2,1-4H3/t8-,9+,10-,11-/m1/s1. The number of nitrogens with two attached hydrogens (primary N) is 1. The van der Waals surface area contributed by atoms with Gasteiger partial charge in [-0.15, -0.1) is 0 Å². The number of hydrogen-bond acceptors (Lipinski definition) is 3. The summed E-state index contributed by atoms with van der Waals surface area (Å²) in [4.78, 5) is 4.93. The molecule has 1 aliphatic carbocycles. The Labute approximate surface area is 87.2 Å². The molecule has 3 heteroatoms. The Hall–Kier alpha value is -0.120. The van der Waals surface area contributed by atoms with Crippen molar-refractivity contribution >= 4 is 0 Å². The van der Waals surface area contributed by atoms with E-state index in [-0.39, 0.29) is 0 Å². The molecule has 1 saturated carbocycles. The third-order valence-corrected chi connectivity index (χ3v) is 4.03. The summed E-state index contributed by atoms with van der Waals surface area (Å²) in [6.07, 6.45) is 1.29. The van der Waals surface area contributed by atoms with Crippen molar-refractivity contribution in [3.63, 3.8) is 0 Å². The van der Waals surface area contributed by atoms with Crippen LogP contribution < -0.4 is 5.73 Å². The minimum atomic E-state index is 0.407. The molecule has 0 amide bonds. The van der Waals surface area contributed by atoms with Gasteiger partial charge in [0.1, 0.15) is 0 Å². The fourth-order valence-electron chi connectivity index (χ4n) is 3.24. The zero-order chi connectivity index (χ0) is 10.5. The summed E-state index contributed by atoms with van der Waals surface area (Å²) in [5, 5.41) is 0. The summed E-state index contributed by atoms with van der Waals surface area (Å²) < 4.78 is 0. The second-order valence-corrected chi connectivity index (χ2v) is 5.39. The van der Waals surface area contributed by atoms with E-state index >= 15 is 0 Å². The normalized spacial score (nSPS) is 43.1. The molecule has 0 aromatic carbocycles. The highest BCUT2D eigenvalue weighted by Crippen LogP contribution is 2.39. The predicted octanol–water partition coefficient (Wildman–Crippen LogP) is 0.356. The van der Waals surface area contributed by atoms with Gasteiger partial charge >= 0.3 is 0 Å². The molecule has 14 heavy (non-hydrogen) atoms. The minimum Gasteiger partial charge on any atom is -0.326 e. The van der Waals surface area contributed by atoms with Gasteiger partial charge in [-0.2, -0.15) is 0 Å². The van der Waals surface area contributed by atoms with E-state index in [4.69, 9.17) is 5.73 Å². The molecule has 82 valence electrons. The number of likely N-dealkylation sites (tertiary alicyclic amines) is 1. The lowest BCUT2D eigenvalue weighted by molar-refractivity contribution is 0.0918. The Morgan fingerprint density at radius 2 is 2.00 bits per heavy atom. The molecular formula is C11H23N3. The minimum absolute atomic E-state index is 0.407. The molecule has 3 nitrogen and oxygen atoms in total. The van der Waals surface area contributed by atoms with Crippen molar-refractivity contribution in [2.24, 2.45) is 11.7 Å². The molecule has 2 fully saturated rings. The molecule has 2 N–H and O–H groups in total. The van der Waals surface area contributed by atoms with Crippen LogP contribution in [0.3, 0.4) is 0 Å². The van der Waals surface area contributed by atoms with E-state index in [0.717, 1.165) is 5.92 Å². The van der Waals surface area contributed by atoms with E-state index in [1.807, 2.05) is 0 Å². The first kappa shape index (κ1) is 10.4. The second kappa shape index (κ2) is 3.47. The molecule has 0 spiro atoms. The average Bonchev–Trinajstić information content (AvgIpc) is 2.59. The van der Waals surface area contributed by atoms with Crippen molar-refractivity contribution in [1.29, 1.82) is 0 Å². The van der Waals surface area contributed by atoms with E-state index in [9.17, 15) is 0 Å². The first-order valence-electron chi connectivity index (χ1n) is 5.70. The Balaban J connectivity index is 2.15. The number of rotatable bonds is 2. The highest BCUT2D eigenvalue weighted by Gasteiger charge is 2.51. The zero-order valence-electron chi connectivity index (χ0n) is 9.77. The Kier molecular flexibility index (Phi) is 2.58. The van der Waals surface area contributed by atoms with Crippen LogP contribution in [0.15, 0.2) is 0 Å². The van der Waals surface area contributed by atoms with Gasteiger partial charge < -0.3 is 10.6 Å². The van der Waals surface area contributed by atoms with Crippen LogP contribution in [0, 0.1) is 5.92 Å². The third-order valence-electron chi connectivity index (χ3n) is 4.03. The molecule has 1 aliphatic heterocycles. The number of likely N-dealkylation sites (N-methyl/N-ethyl adjacent to an activating group) is 1. The van der Waals surface area contributed by atoms with Gasteiger partial charge in [0.25, 0.3) is 0 Å². The van der Waals surface area contributed by atoms with Crippen LogP contribution in [-0.2, 0) is 0 Å². The maximum Gasteiger partial charge on any atom is 0.0408 e. The summed E-state index contributed by atoms with van der Waals surface area (Å²) >= 11 is 0. The largest absolute Gasteiger partial charge is 0.326 e. The van der Waals surface area contributed by atoms with Crippen LogP contribution >= 0.6 is 0 Å². The fraction of sp³-hybridized carbons (Fsp3) is 1.00. The van der Waals surface area contributed by atoms with Gasteiger partial charge in [0.2, 0.25) is 0 Å². The third kappa shape index (κ3) is 1.38. The van der Waals surface area contributed by atoms with Crippen LogP contribution in [0.1, 0.15) is 20.3 Å². The quantitative estimate of drug-likeness (QED) is 0.693. The van der Waals surface area contributed by atoms with Gasteiger partial charge in [-0.3, -0.25) is 4.90 Å². The lowest BCUT2D eigenvalue weighted by Crippen LogP contribution is -2.52. The highest BCUT2D eigenvalue weighted by atomic mass is 15.3. The van der Waals surface area contributed by atoms with E-state index in [1.54, 1.807) is 0 Å². The maximum absolute atomic E-state index is 6.27. The van der Waals surface area contributed by atoms with Crippen LogP contribution in [0.4, 0.5) is 0 Å². The summed E-state index contributed by atoms with van der Waals surface area (Å²) in [5.74, 6) is 0.731. The van der Waals surface area contributed by atoms with Crippen molar-refractivity contribution in [3.8, 4) is 0 Å². The number of piperidine rings is 1. The molecule has 0 unspecified atom stereocenters. The molecule has 0 aromatic rings. The summed E-state index contributed by atoms with van der Waals surface area (Å²) in [7, 11) is 4.35. The first-order valence-corrected chi connectivity index (χ1v) is 5.70. The van der Waals surface area contributed by atoms with Gasteiger partial charge in [0.15, 0.2) is 0 Å². The van der Waals surface area contributed by atoms with E-state index < -0.39 is 0 Å². The molecule has 4 atom stereocenters. The molecule has 2 rings (SSSR count). The zero-order valence-corrected chi connectivity index (χ0v) is 9.77. The lowest BCUT2D eigenvalue weighted by atomic mass is 10.0. The number of fused-ring (bicyclic) bond motifs is 2. The Bertz CT molecular complexity index is 197. The topological polar surface area (TPSA) is 32.5 Å². The van der Waals surface area contributed by atoms with Gasteiger partial charge in [0.05, 0.1) is 0 Å². The average molecular weight is 197 g/mol. The van der Waals surface area contributed by atoms with Crippen molar-refractivity contribution < 1.29 is 0 Å². The Morgan fingerprint density at radius 1 is 1.36 bits per heavy atom. The second-order valence-electron chi connectivity index (χ2n) is 5.39. The van der Waals surface area contributed by atoms with Gasteiger partial charge in [-0.25, -0.2) is 0 Å². The predicted molar refractivity (Wildman–Crippen MR) is 59.2 cm³/mol. The monoisotopic (exact) mass is 197 g/mol. The first-order chi connectivity index (χ1) is 6.52. The molecule has 0 radical (unpaired) electrons. The van der Waals surface area contributed by atoms with Crippen LogP contribution in [0.2, 0.25) is 0 Å². The Morgan fingerprint density at radius 3 is 2.43 bits per heavy atom. The molecule has 0 aromatic heterocycles. The number of hydrogen-bond donors (Lipinski definition) is 1. The van der Waals surface area contributed by atoms with Crippen molar-refractivity contribution in [3.05, 3.63) is 0 Å². The number of nitrogens with zero attached hydrogens (tertiary/aromatic N) is 2. The van der Waals surface area contributed by atoms with Crippen molar-refractivity contribution in [2.75, 3.05) is 20.6 Å². The summed E-state index contributed by atoms with van der Waals surface area (Å²) in [6, 6.07) is 2.31.